The van der Waals surface area contributed by atoms with Gasteiger partial charge in [0.25, 0.3) is 0 Å². The van der Waals surface area contributed by atoms with Crippen LogP contribution in [-0.4, -0.2) is 32.0 Å². The molecule has 1 saturated carbocycles. The van der Waals surface area contributed by atoms with E-state index in [2.05, 4.69) is 12.2 Å². The predicted molar refractivity (Wildman–Crippen MR) is 52.4 cm³/mol. The average Bonchev–Trinajstić information content (AvgIpc) is 2.78. The van der Waals surface area contributed by atoms with Crippen LogP contribution in [0.2, 0.25) is 0 Å². The molecule has 1 N–H and O–H groups in total. The van der Waals surface area contributed by atoms with Gasteiger partial charge in [0.15, 0.2) is 9.84 Å². The van der Waals surface area contributed by atoms with Crippen molar-refractivity contribution in [3.63, 3.8) is 0 Å². The van der Waals surface area contributed by atoms with Crippen LogP contribution >= 0.6 is 0 Å². The molecular weight excluding hydrogens is 186 g/mol. The Morgan fingerprint density at radius 1 is 1.31 bits per heavy atom. The van der Waals surface area contributed by atoms with Gasteiger partial charge in [-0.3, -0.25) is 0 Å². The monoisotopic (exact) mass is 203 g/mol. The standard InChI is InChI=1S/C9H17NO2S/c1-7(8-2-3-8)10-9-4-5-13(11,12)6-9/h7-10H,2-6H2,1H3. The molecule has 0 bridgehead atoms. The quantitative estimate of drug-likeness (QED) is 0.729. The lowest BCUT2D eigenvalue weighted by atomic mass is 10.1. The molecule has 1 aliphatic carbocycles. The smallest absolute Gasteiger partial charge is 0.151 e. The molecule has 0 aromatic heterocycles. The molecule has 13 heavy (non-hydrogen) atoms. The maximum Gasteiger partial charge on any atom is 0.151 e. The van der Waals surface area contributed by atoms with Crippen molar-refractivity contribution < 1.29 is 8.42 Å². The van der Waals surface area contributed by atoms with E-state index in [-0.39, 0.29) is 6.04 Å². The molecular formula is C9H17NO2S. The lowest BCUT2D eigenvalue weighted by Gasteiger charge is -2.17. The van der Waals surface area contributed by atoms with Crippen LogP contribution in [0.5, 0.6) is 0 Å². The van der Waals surface area contributed by atoms with Crippen molar-refractivity contribution in [1.29, 1.82) is 0 Å². The van der Waals surface area contributed by atoms with Gasteiger partial charge in [0.05, 0.1) is 11.5 Å². The van der Waals surface area contributed by atoms with Crippen LogP contribution in [0, 0.1) is 5.92 Å². The SMILES string of the molecule is CC(NC1CCS(=O)(=O)C1)C1CC1. The maximum atomic E-state index is 11.2. The summed E-state index contributed by atoms with van der Waals surface area (Å²) in [4.78, 5) is 0. The minimum Gasteiger partial charge on any atom is -0.310 e. The Labute approximate surface area is 79.8 Å². The summed E-state index contributed by atoms with van der Waals surface area (Å²) in [5.41, 5.74) is 0. The third kappa shape index (κ3) is 2.44. The number of sulfone groups is 1. The van der Waals surface area contributed by atoms with E-state index in [0.717, 1.165) is 12.3 Å². The molecule has 2 aliphatic rings. The van der Waals surface area contributed by atoms with Crippen molar-refractivity contribution >= 4 is 9.84 Å². The summed E-state index contributed by atoms with van der Waals surface area (Å²) in [5, 5.41) is 3.42. The van der Waals surface area contributed by atoms with E-state index in [0.29, 0.717) is 17.5 Å². The Hall–Kier alpha value is -0.0900. The van der Waals surface area contributed by atoms with Crippen LogP contribution in [0.4, 0.5) is 0 Å². The van der Waals surface area contributed by atoms with Crippen LogP contribution < -0.4 is 5.32 Å². The first-order valence-corrected chi connectivity index (χ1v) is 6.85. The Kier molecular flexibility index (Phi) is 2.36. The fourth-order valence-electron chi connectivity index (χ4n) is 2.03. The van der Waals surface area contributed by atoms with E-state index >= 15 is 0 Å². The highest BCUT2D eigenvalue weighted by Crippen LogP contribution is 2.32. The zero-order valence-corrected chi connectivity index (χ0v) is 8.81. The van der Waals surface area contributed by atoms with Crippen molar-refractivity contribution in [2.24, 2.45) is 5.92 Å². The van der Waals surface area contributed by atoms with Crippen LogP contribution in [0.1, 0.15) is 26.2 Å². The lowest BCUT2D eigenvalue weighted by molar-refractivity contribution is 0.436. The second kappa shape index (κ2) is 3.24. The van der Waals surface area contributed by atoms with Gasteiger partial charge in [-0.15, -0.1) is 0 Å². The molecule has 3 nitrogen and oxygen atoms in total. The van der Waals surface area contributed by atoms with Gasteiger partial charge in [-0.05, 0) is 32.1 Å². The van der Waals surface area contributed by atoms with Crippen LogP contribution in [-0.2, 0) is 9.84 Å². The van der Waals surface area contributed by atoms with Crippen LogP contribution in [0.15, 0.2) is 0 Å². The van der Waals surface area contributed by atoms with E-state index in [1.165, 1.54) is 12.8 Å². The molecule has 2 atom stereocenters. The van der Waals surface area contributed by atoms with E-state index in [1.807, 2.05) is 0 Å². The van der Waals surface area contributed by atoms with E-state index in [1.54, 1.807) is 0 Å². The number of hydrogen-bond donors (Lipinski definition) is 1. The molecule has 1 aliphatic heterocycles. The molecule has 2 fully saturated rings. The lowest BCUT2D eigenvalue weighted by Crippen LogP contribution is -2.38. The molecule has 2 rings (SSSR count). The molecule has 76 valence electrons. The van der Waals surface area contributed by atoms with E-state index < -0.39 is 9.84 Å². The largest absolute Gasteiger partial charge is 0.310 e. The number of nitrogens with one attached hydrogen (secondary N) is 1. The summed E-state index contributed by atoms with van der Waals surface area (Å²) in [7, 11) is -2.71. The van der Waals surface area contributed by atoms with Crippen LogP contribution in [0.3, 0.4) is 0 Å². The highest BCUT2D eigenvalue weighted by molar-refractivity contribution is 7.91. The van der Waals surface area contributed by atoms with Gasteiger partial charge in [-0.25, -0.2) is 8.42 Å². The topological polar surface area (TPSA) is 46.2 Å². The average molecular weight is 203 g/mol. The second-order valence-corrected chi connectivity index (χ2v) is 6.62. The van der Waals surface area contributed by atoms with Crippen molar-refractivity contribution in [3.05, 3.63) is 0 Å². The first-order chi connectivity index (χ1) is 6.07. The number of hydrogen-bond acceptors (Lipinski definition) is 3. The molecule has 0 spiro atoms. The van der Waals surface area contributed by atoms with Crippen LogP contribution in [0.25, 0.3) is 0 Å². The Bertz CT molecular complexity index is 282. The highest BCUT2D eigenvalue weighted by atomic mass is 32.2. The van der Waals surface area contributed by atoms with Gasteiger partial charge >= 0.3 is 0 Å². The normalized spacial score (nSPS) is 34.7. The summed E-state index contributed by atoms with van der Waals surface area (Å²) in [5.74, 6) is 1.54. The Morgan fingerprint density at radius 3 is 2.46 bits per heavy atom. The van der Waals surface area contributed by atoms with Gasteiger partial charge in [0.2, 0.25) is 0 Å². The van der Waals surface area contributed by atoms with E-state index in [9.17, 15) is 8.42 Å². The highest BCUT2D eigenvalue weighted by Gasteiger charge is 2.33. The minimum absolute atomic E-state index is 0.223. The molecule has 1 saturated heterocycles. The third-order valence-corrected chi connectivity index (χ3v) is 4.83. The fourth-order valence-corrected chi connectivity index (χ4v) is 3.72. The second-order valence-electron chi connectivity index (χ2n) is 4.39. The molecule has 0 radical (unpaired) electrons. The zero-order chi connectivity index (χ0) is 9.47. The summed E-state index contributed by atoms with van der Waals surface area (Å²) >= 11 is 0. The van der Waals surface area contributed by atoms with Crippen molar-refractivity contribution in [2.75, 3.05) is 11.5 Å². The van der Waals surface area contributed by atoms with Crippen molar-refractivity contribution in [1.82, 2.24) is 5.32 Å². The summed E-state index contributed by atoms with van der Waals surface area (Å²) in [6, 6.07) is 0.735. The molecule has 4 heteroatoms. The third-order valence-electron chi connectivity index (χ3n) is 3.06. The van der Waals surface area contributed by atoms with Crippen molar-refractivity contribution in [3.8, 4) is 0 Å². The van der Waals surface area contributed by atoms with Gasteiger partial charge in [0.1, 0.15) is 0 Å². The first-order valence-electron chi connectivity index (χ1n) is 5.03. The van der Waals surface area contributed by atoms with Gasteiger partial charge < -0.3 is 5.32 Å². The molecule has 1 heterocycles. The molecule has 0 aromatic rings. The van der Waals surface area contributed by atoms with Gasteiger partial charge in [-0.2, -0.15) is 0 Å². The first kappa shape index (κ1) is 9.46. The Balaban J connectivity index is 1.83. The molecule has 0 amide bonds. The Morgan fingerprint density at radius 2 is 2.00 bits per heavy atom. The fraction of sp³-hybridized carbons (Fsp3) is 1.00. The maximum absolute atomic E-state index is 11.2. The predicted octanol–water partition coefficient (Wildman–Crippen LogP) is 0.562. The van der Waals surface area contributed by atoms with Gasteiger partial charge in [0, 0.05) is 12.1 Å². The van der Waals surface area contributed by atoms with Crippen molar-refractivity contribution in [2.45, 2.75) is 38.3 Å². The van der Waals surface area contributed by atoms with E-state index in [4.69, 9.17) is 0 Å². The zero-order valence-electron chi connectivity index (χ0n) is 7.99. The molecule has 2 unspecified atom stereocenters. The minimum atomic E-state index is -2.71. The molecule has 0 aromatic carbocycles. The number of rotatable bonds is 3. The summed E-state index contributed by atoms with van der Waals surface area (Å²) in [6.45, 7) is 2.17. The van der Waals surface area contributed by atoms with Gasteiger partial charge in [-0.1, -0.05) is 0 Å². The summed E-state index contributed by atoms with van der Waals surface area (Å²) < 4.78 is 22.3. The summed E-state index contributed by atoms with van der Waals surface area (Å²) in [6.07, 6.45) is 3.43.